The fraction of sp³-hybridized carbons (Fsp3) is 0.846. The van der Waals surface area contributed by atoms with Gasteiger partial charge in [-0.3, -0.25) is 4.79 Å². The van der Waals surface area contributed by atoms with Crippen molar-refractivity contribution in [3.8, 4) is 0 Å². The standard InChI is InChI=1S/C13H26N2O3/c1-3-5-6-7-9-14-13(18)15-11(8-4-2)10-12(16)17/h11H,3-10H2,1-2H3,(H,16,17)(H2,14,15,18). The fourth-order valence-electron chi connectivity index (χ4n) is 1.77. The van der Waals surface area contributed by atoms with Gasteiger partial charge >= 0.3 is 12.0 Å². The molecule has 0 aliphatic heterocycles. The first-order valence-electron chi connectivity index (χ1n) is 6.86. The van der Waals surface area contributed by atoms with Gasteiger partial charge in [-0.05, 0) is 12.8 Å². The normalized spacial score (nSPS) is 11.9. The SMILES string of the molecule is CCCCCCNC(=O)NC(CCC)CC(=O)O. The third kappa shape index (κ3) is 9.93. The summed E-state index contributed by atoms with van der Waals surface area (Å²) < 4.78 is 0. The monoisotopic (exact) mass is 258 g/mol. The molecule has 0 aliphatic carbocycles. The van der Waals surface area contributed by atoms with E-state index < -0.39 is 5.97 Å². The number of nitrogens with one attached hydrogen (secondary N) is 2. The number of unbranched alkanes of at least 4 members (excludes halogenated alkanes) is 3. The van der Waals surface area contributed by atoms with Gasteiger partial charge in [-0.15, -0.1) is 0 Å². The van der Waals surface area contributed by atoms with Crippen molar-refractivity contribution in [2.24, 2.45) is 0 Å². The molecule has 0 heterocycles. The molecule has 18 heavy (non-hydrogen) atoms. The molecule has 0 aromatic rings. The average Bonchev–Trinajstić information content (AvgIpc) is 2.28. The van der Waals surface area contributed by atoms with E-state index >= 15 is 0 Å². The maximum atomic E-state index is 11.5. The molecule has 1 unspecified atom stereocenters. The van der Waals surface area contributed by atoms with Gasteiger partial charge in [0.25, 0.3) is 0 Å². The van der Waals surface area contributed by atoms with E-state index in [1.54, 1.807) is 0 Å². The minimum atomic E-state index is -0.878. The van der Waals surface area contributed by atoms with Crippen LogP contribution in [0.3, 0.4) is 0 Å². The Bertz CT molecular complexity index is 244. The molecule has 0 fully saturated rings. The van der Waals surface area contributed by atoms with Crippen LogP contribution in [0.25, 0.3) is 0 Å². The zero-order valence-corrected chi connectivity index (χ0v) is 11.5. The van der Waals surface area contributed by atoms with Crippen LogP contribution in [0.5, 0.6) is 0 Å². The molecule has 0 bridgehead atoms. The number of hydrogen-bond donors (Lipinski definition) is 3. The summed E-state index contributed by atoms with van der Waals surface area (Å²) in [5.74, 6) is -0.878. The van der Waals surface area contributed by atoms with E-state index in [9.17, 15) is 9.59 Å². The molecule has 1 atom stereocenters. The van der Waals surface area contributed by atoms with Crippen molar-refractivity contribution >= 4 is 12.0 Å². The Morgan fingerprint density at radius 1 is 1.11 bits per heavy atom. The molecule has 2 amide bonds. The first-order valence-corrected chi connectivity index (χ1v) is 6.86. The number of carboxylic acids is 1. The number of rotatable bonds is 10. The number of carbonyl (C=O) groups is 2. The molecule has 3 N–H and O–H groups in total. The zero-order valence-electron chi connectivity index (χ0n) is 11.5. The first-order chi connectivity index (χ1) is 8.60. The first kappa shape index (κ1) is 16.7. The van der Waals surface area contributed by atoms with Crippen LogP contribution >= 0.6 is 0 Å². The largest absolute Gasteiger partial charge is 0.481 e. The number of amides is 2. The van der Waals surface area contributed by atoms with Crippen molar-refractivity contribution in [2.75, 3.05) is 6.54 Å². The highest BCUT2D eigenvalue weighted by molar-refractivity contribution is 5.75. The smallest absolute Gasteiger partial charge is 0.315 e. The van der Waals surface area contributed by atoms with E-state index in [1.807, 2.05) is 6.92 Å². The number of urea groups is 1. The molecule has 0 saturated carbocycles. The lowest BCUT2D eigenvalue weighted by Gasteiger charge is -2.16. The lowest BCUT2D eigenvalue weighted by Crippen LogP contribution is -2.43. The minimum absolute atomic E-state index is 0.0168. The second-order valence-corrected chi connectivity index (χ2v) is 4.54. The number of carboxylic acid groups (broad SMARTS) is 1. The van der Waals surface area contributed by atoms with Gasteiger partial charge in [0.2, 0.25) is 0 Å². The summed E-state index contributed by atoms with van der Waals surface area (Å²) in [6.07, 6.45) is 5.97. The van der Waals surface area contributed by atoms with Crippen LogP contribution in [0.15, 0.2) is 0 Å². The van der Waals surface area contributed by atoms with E-state index in [1.165, 1.54) is 12.8 Å². The molecule has 0 rings (SSSR count). The van der Waals surface area contributed by atoms with Crippen molar-refractivity contribution in [1.82, 2.24) is 10.6 Å². The predicted octanol–water partition coefficient (Wildman–Crippen LogP) is 2.51. The lowest BCUT2D eigenvalue weighted by molar-refractivity contribution is -0.137. The van der Waals surface area contributed by atoms with Gasteiger partial charge in [-0.2, -0.15) is 0 Å². The molecular weight excluding hydrogens is 232 g/mol. The maximum Gasteiger partial charge on any atom is 0.315 e. The number of hydrogen-bond acceptors (Lipinski definition) is 2. The van der Waals surface area contributed by atoms with Crippen molar-refractivity contribution in [2.45, 2.75) is 64.8 Å². The lowest BCUT2D eigenvalue weighted by atomic mass is 10.1. The van der Waals surface area contributed by atoms with E-state index in [0.717, 1.165) is 19.3 Å². The Hall–Kier alpha value is -1.26. The minimum Gasteiger partial charge on any atom is -0.481 e. The Balaban J connectivity index is 3.76. The van der Waals surface area contributed by atoms with E-state index in [-0.39, 0.29) is 18.5 Å². The second-order valence-electron chi connectivity index (χ2n) is 4.54. The van der Waals surface area contributed by atoms with Gasteiger partial charge in [0.15, 0.2) is 0 Å². The van der Waals surface area contributed by atoms with Crippen molar-refractivity contribution in [3.63, 3.8) is 0 Å². The highest BCUT2D eigenvalue weighted by Gasteiger charge is 2.14. The quantitative estimate of drug-likeness (QED) is 0.527. The summed E-state index contributed by atoms with van der Waals surface area (Å²) in [4.78, 5) is 22.2. The van der Waals surface area contributed by atoms with E-state index in [0.29, 0.717) is 13.0 Å². The Kier molecular flexibility index (Phi) is 10.1. The third-order valence-corrected chi connectivity index (χ3v) is 2.71. The molecule has 5 heteroatoms. The van der Waals surface area contributed by atoms with Crippen LogP contribution in [-0.2, 0) is 4.79 Å². The van der Waals surface area contributed by atoms with Crippen LogP contribution in [0.1, 0.15) is 58.8 Å². The predicted molar refractivity (Wildman–Crippen MR) is 71.6 cm³/mol. The molecule has 0 aliphatic rings. The molecule has 0 spiro atoms. The van der Waals surface area contributed by atoms with Gasteiger partial charge in [0.1, 0.15) is 0 Å². The summed E-state index contributed by atoms with van der Waals surface area (Å²) in [5.41, 5.74) is 0. The fourth-order valence-corrected chi connectivity index (χ4v) is 1.77. The van der Waals surface area contributed by atoms with Crippen LogP contribution in [0, 0.1) is 0 Å². The summed E-state index contributed by atoms with van der Waals surface area (Å²) in [5, 5.41) is 14.2. The van der Waals surface area contributed by atoms with Crippen molar-refractivity contribution in [3.05, 3.63) is 0 Å². The van der Waals surface area contributed by atoms with Gasteiger partial charge < -0.3 is 15.7 Å². The molecule has 106 valence electrons. The average molecular weight is 258 g/mol. The Labute approximate surface area is 109 Å². The van der Waals surface area contributed by atoms with Gasteiger partial charge in [-0.25, -0.2) is 4.79 Å². The number of aliphatic carboxylic acids is 1. The summed E-state index contributed by atoms with van der Waals surface area (Å²) >= 11 is 0. The molecule has 0 saturated heterocycles. The van der Waals surface area contributed by atoms with Crippen LogP contribution in [-0.4, -0.2) is 29.7 Å². The third-order valence-electron chi connectivity index (χ3n) is 2.71. The van der Waals surface area contributed by atoms with Crippen molar-refractivity contribution < 1.29 is 14.7 Å². The van der Waals surface area contributed by atoms with Crippen molar-refractivity contribution in [1.29, 1.82) is 0 Å². The molecule has 0 aromatic heterocycles. The Morgan fingerprint density at radius 2 is 1.83 bits per heavy atom. The van der Waals surface area contributed by atoms with Gasteiger partial charge in [0, 0.05) is 12.6 Å². The number of carbonyl (C=O) groups excluding carboxylic acids is 1. The molecule has 0 aromatic carbocycles. The summed E-state index contributed by atoms with van der Waals surface area (Å²) in [6, 6.07) is -0.533. The zero-order chi connectivity index (χ0) is 13.8. The highest BCUT2D eigenvalue weighted by atomic mass is 16.4. The van der Waals surface area contributed by atoms with E-state index in [4.69, 9.17) is 5.11 Å². The second kappa shape index (κ2) is 10.9. The van der Waals surface area contributed by atoms with Crippen LogP contribution < -0.4 is 10.6 Å². The maximum absolute atomic E-state index is 11.5. The van der Waals surface area contributed by atoms with Crippen LogP contribution in [0.4, 0.5) is 4.79 Å². The highest BCUT2D eigenvalue weighted by Crippen LogP contribution is 2.02. The topological polar surface area (TPSA) is 78.4 Å². The van der Waals surface area contributed by atoms with Crippen LogP contribution in [0.2, 0.25) is 0 Å². The molecular formula is C13H26N2O3. The molecule has 5 nitrogen and oxygen atoms in total. The molecule has 0 radical (unpaired) electrons. The van der Waals surface area contributed by atoms with Gasteiger partial charge in [0.05, 0.1) is 6.42 Å². The Morgan fingerprint density at radius 3 is 2.39 bits per heavy atom. The summed E-state index contributed by atoms with van der Waals surface area (Å²) in [7, 11) is 0. The van der Waals surface area contributed by atoms with Gasteiger partial charge in [-0.1, -0.05) is 39.5 Å². The summed E-state index contributed by atoms with van der Waals surface area (Å²) in [6.45, 7) is 4.76. The van der Waals surface area contributed by atoms with E-state index in [2.05, 4.69) is 17.6 Å².